The highest BCUT2D eigenvalue weighted by molar-refractivity contribution is 5.89. The zero-order valence-electron chi connectivity index (χ0n) is 12.0. The summed E-state index contributed by atoms with van der Waals surface area (Å²) in [5.41, 5.74) is 1.17. The number of hydrogen-bond acceptors (Lipinski definition) is 5. The number of esters is 1. The Morgan fingerprint density at radius 1 is 1.18 bits per heavy atom. The molecule has 2 aromatic rings. The van der Waals surface area contributed by atoms with E-state index in [0.717, 1.165) is 0 Å². The lowest BCUT2D eigenvalue weighted by molar-refractivity contribution is -0.384. The molecule has 2 aromatic carbocycles. The maximum absolute atomic E-state index is 11.5. The molecule has 0 heterocycles. The number of hydrogen-bond donors (Lipinski definition) is 0. The molecule has 0 bridgehead atoms. The van der Waals surface area contributed by atoms with Crippen LogP contribution in [0.25, 0.3) is 0 Å². The molecule has 0 amide bonds. The quantitative estimate of drug-likeness (QED) is 0.464. The molecule has 0 aliphatic carbocycles. The monoisotopic (exact) mass is 301 g/mol. The van der Waals surface area contributed by atoms with Gasteiger partial charge in [-0.1, -0.05) is 12.1 Å². The lowest BCUT2D eigenvalue weighted by atomic mass is 10.2. The molecule has 0 aliphatic heterocycles. The number of non-ortho nitro benzene ring substituents is 1. The van der Waals surface area contributed by atoms with E-state index in [1.165, 1.54) is 12.1 Å². The normalized spacial score (nSPS) is 10.0. The third kappa shape index (κ3) is 4.05. The van der Waals surface area contributed by atoms with E-state index >= 15 is 0 Å². The Balaban J connectivity index is 1.98. The molecule has 0 radical (unpaired) electrons. The Kier molecular flexibility index (Phi) is 5.08. The maximum Gasteiger partial charge on any atom is 0.338 e. The van der Waals surface area contributed by atoms with E-state index in [9.17, 15) is 14.9 Å². The Labute approximate surface area is 127 Å². The molecule has 0 saturated heterocycles. The van der Waals surface area contributed by atoms with Crippen molar-refractivity contribution in [1.82, 2.24) is 0 Å². The van der Waals surface area contributed by atoms with E-state index in [1.54, 1.807) is 43.3 Å². The van der Waals surface area contributed by atoms with E-state index in [2.05, 4.69) is 0 Å². The van der Waals surface area contributed by atoms with Crippen molar-refractivity contribution in [3.8, 4) is 5.75 Å². The van der Waals surface area contributed by atoms with Crippen LogP contribution in [-0.4, -0.2) is 17.5 Å². The maximum atomic E-state index is 11.5. The Morgan fingerprint density at radius 3 is 2.55 bits per heavy atom. The van der Waals surface area contributed by atoms with Crippen LogP contribution >= 0.6 is 0 Å². The van der Waals surface area contributed by atoms with Gasteiger partial charge in [-0.15, -0.1) is 0 Å². The molecule has 0 aromatic heterocycles. The van der Waals surface area contributed by atoms with Gasteiger partial charge in [-0.05, 0) is 36.8 Å². The smallest absolute Gasteiger partial charge is 0.338 e. The molecule has 2 rings (SSSR count). The van der Waals surface area contributed by atoms with Crippen LogP contribution in [-0.2, 0) is 11.3 Å². The molecule has 114 valence electrons. The van der Waals surface area contributed by atoms with Crippen molar-refractivity contribution < 1.29 is 19.2 Å². The summed E-state index contributed by atoms with van der Waals surface area (Å²) in [6, 6.07) is 12.8. The number of nitro benzene ring substituents is 1. The van der Waals surface area contributed by atoms with E-state index in [1.807, 2.05) is 0 Å². The van der Waals surface area contributed by atoms with Crippen LogP contribution in [0.2, 0.25) is 0 Å². The van der Waals surface area contributed by atoms with Crippen LogP contribution in [0.4, 0.5) is 5.69 Å². The third-order valence-corrected chi connectivity index (χ3v) is 2.89. The highest BCUT2D eigenvalue weighted by Crippen LogP contribution is 2.17. The molecular formula is C16H15NO5. The van der Waals surface area contributed by atoms with Crippen LogP contribution in [0, 0.1) is 10.1 Å². The Morgan fingerprint density at radius 2 is 1.91 bits per heavy atom. The largest absolute Gasteiger partial charge is 0.489 e. The minimum Gasteiger partial charge on any atom is -0.489 e. The van der Waals surface area contributed by atoms with Gasteiger partial charge in [0.1, 0.15) is 12.4 Å². The minimum atomic E-state index is -0.447. The SMILES string of the molecule is CCOC(=O)c1ccc(OCc2cccc([N+](=O)[O-])c2)cc1. The number of nitrogens with zero attached hydrogens (tertiary/aromatic N) is 1. The summed E-state index contributed by atoms with van der Waals surface area (Å²) in [7, 11) is 0. The fourth-order valence-corrected chi connectivity index (χ4v) is 1.83. The molecule has 0 fully saturated rings. The molecule has 0 atom stereocenters. The summed E-state index contributed by atoms with van der Waals surface area (Å²) >= 11 is 0. The summed E-state index contributed by atoms with van der Waals surface area (Å²) in [6.45, 7) is 2.28. The van der Waals surface area contributed by atoms with Gasteiger partial charge < -0.3 is 9.47 Å². The van der Waals surface area contributed by atoms with Gasteiger partial charge in [0.15, 0.2) is 0 Å². The average Bonchev–Trinajstić information content (AvgIpc) is 2.54. The minimum absolute atomic E-state index is 0.0266. The number of benzene rings is 2. The van der Waals surface area contributed by atoms with Crippen molar-refractivity contribution in [3.63, 3.8) is 0 Å². The topological polar surface area (TPSA) is 78.7 Å². The second kappa shape index (κ2) is 7.21. The second-order valence-corrected chi connectivity index (χ2v) is 4.46. The number of ether oxygens (including phenoxy) is 2. The van der Waals surface area contributed by atoms with Gasteiger partial charge in [0.25, 0.3) is 5.69 Å². The van der Waals surface area contributed by atoms with Crippen molar-refractivity contribution in [1.29, 1.82) is 0 Å². The van der Waals surface area contributed by atoms with E-state index < -0.39 is 4.92 Å². The fourth-order valence-electron chi connectivity index (χ4n) is 1.83. The molecule has 0 aliphatic rings. The van der Waals surface area contributed by atoms with Crippen molar-refractivity contribution in [2.45, 2.75) is 13.5 Å². The van der Waals surface area contributed by atoms with Gasteiger partial charge in [-0.25, -0.2) is 4.79 Å². The molecule has 22 heavy (non-hydrogen) atoms. The van der Waals surface area contributed by atoms with Crippen LogP contribution in [0.5, 0.6) is 5.75 Å². The van der Waals surface area contributed by atoms with Crippen LogP contribution in [0.1, 0.15) is 22.8 Å². The van der Waals surface area contributed by atoms with Gasteiger partial charge in [0, 0.05) is 12.1 Å². The Hall–Kier alpha value is -2.89. The number of nitro groups is 1. The van der Waals surface area contributed by atoms with Gasteiger partial charge >= 0.3 is 5.97 Å². The van der Waals surface area contributed by atoms with Gasteiger partial charge in [0.2, 0.25) is 0 Å². The molecular weight excluding hydrogens is 286 g/mol. The molecule has 0 saturated carbocycles. The molecule has 6 heteroatoms. The number of rotatable bonds is 6. The summed E-state index contributed by atoms with van der Waals surface area (Å²) in [5, 5.41) is 10.7. The van der Waals surface area contributed by atoms with Crippen molar-refractivity contribution in [3.05, 3.63) is 69.8 Å². The molecule has 0 spiro atoms. The van der Waals surface area contributed by atoms with E-state index in [-0.39, 0.29) is 18.3 Å². The zero-order valence-corrected chi connectivity index (χ0v) is 12.0. The molecule has 0 N–H and O–H groups in total. The number of carbonyl (C=O) groups excluding carboxylic acids is 1. The number of carbonyl (C=O) groups is 1. The summed E-state index contributed by atoms with van der Waals surface area (Å²) in [5.74, 6) is 0.187. The molecule has 6 nitrogen and oxygen atoms in total. The van der Waals surface area contributed by atoms with Crippen molar-refractivity contribution in [2.24, 2.45) is 0 Å². The van der Waals surface area contributed by atoms with Crippen LogP contribution < -0.4 is 4.74 Å². The van der Waals surface area contributed by atoms with E-state index in [0.29, 0.717) is 23.5 Å². The highest BCUT2D eigenvalue weighted by Gasteiger charge is 2.07. The van der Waals surface area contributed by atoms with Gasteiger partial charge in [0.05, 0.1) is 17.1 Å². The lowest BCUT2D eigenvalue weighted by Gasteiger charge is -2.07. The predicted molar refractivity (Wildman–Crippen MR) is 79.8 cm³/mol. The molecule has 0 unspecified atom stereocenters. The first-order valence-corrected chi connectivity index (χ1v) is 6.73. The summed E-state index contributed by atoms with van der Waals surface area (Å²) in [6.07, 6.45) is 0. The third-order valence-electron chi connectivity index (χ3n) is 2.89. The first-order valence-electron chi connectivity index (χ1n) is 6.73. The van der Waals surface area contributed by atoms with Crippen molar-refractivity contribution >= 4 is 11.7 Å². The lowest BCUT2D eigenvalue weighted by Crippen LogP contribution is -2.04. The average molecular weight is 301 g/mol. The van der Waals surface area contributed by atoms with Crippen molar-refractivity contribution in [2.75, 3.05) is 6.61 Å². The first-order chi connectivity index (χ1) is 10.6. The fraction of sp³-hybridized carbons (Fsp3) is 0.188. The summed E-state index contributed by atoms with van der Waals surface area (Å²) < 4.78 is 10.4. The standard InChI is InChI=1S/C16H15NO5/c1-2-21-16(18)13-6-8-15(9-7-13)22-11-12-4-3-5-14(10-12)17(19)20/h3-10H,2,11H2,1H3. The first kappa shape index (κ1) is 15.5. The van der Waals surface area contributed by atoms with Crippen LogP contribution in [0.3, 0.4) is 0 Å². The predicted octanol–water partition coefficient (Wildman–Crippen LogP) is 3.35. The summed E-state index contributed by atoms with van der Waals surface area (Å²) in [4.78, 5) is 21.8. The van der Waals surface area contributed by atoms with E-state index in [4.69, 9.17) is 9.47 Å². The van der Waals surface area contributed by atoms with Gasteiger partial charge in [-0.3, -0.25) is 10.1 Å². The highest BCUT2D eigenvalue weighted by atomic mass is 16.6. The Bertz CT molecular complexity index is 666. The van der Waals surface area contributed by atoms with Gasteiger partial charge in [-0.2, -0.15) is 0 Å². The zero-order chi connectivity index (χ0) is 15.9. The second-order valence-electron chi connectivity index (χ2n) is 4.46. The van der Waals surface area contributed by atoms with Crippen LogP contribution in [0.15, 0.2) is 48.5 Å².